The molecule has 0 bridgehead atoms. The van der Waals surface area contributed by atoms with Gasteiger partial charge in [0.25, 0.3) is 0 Å². The lowest BCUT2D eigenvalue weighted by Crippen LogP contribution is -2.02. The quantitative estimate of drug-likeness (QED) is 0.874. The summed E-state index contributed by atoms with van der Waals surface area (Å²) in [5, 5.41) is 11.5. The van der Waals surface area contributed by atoms with Crippen LogP contribution in [0.2, 0.25) is 0 Å². The number of anilines is 1. The minimum atomic E-state index is 0.815. The number of nitrogens with one attached hydrogen (secondary N) is 1. The molecule has 88 valence electrons. The monoisotopic (exact) mass is 228 g/mol. The van der Waals surface area contributed by atoms with Gasteiger partial charge in [-0.2, -0.15) is 0 Å². The Bertz CT molecular complexity index is 462. The Kier molecular flexibility index (Phi) is 3.65. The SMILES string of the molecule is CCCNc1ccc(-c2ccc(C)nc2)nn1. The van der Waals surface area contributed by atoms with Gasteiger partial charge in [-0.05, 0) is 37.6 Å². The normalized spacial score (nSPS) is 10.2. The third-order valence-electron chi connectivity index (χ3n) is 2.43. The van der Waals surface area contributed by atoms with Crippen LogP contribution < -0.4 is 5.32 Å². The second-order valence-electron chi connectivity index (χ2n) is 3.92. The summed E-state index contributed by atoms with van der Waals surface area (Å²) in [6.07, 6.45) is 2.89. The molecule has 0 aliphatic heterocycles. The number of aryl methyl sites for hydroxylation is 1. The van der Waals surface area contributed by atoms with Crippen molar-refractivity contribution < 1.29 is 0 Å². The van der Waals surface area contributed by atoms with Crippen LogP contribution in [0, 0.1) is 6.92 Å². The van der Waals surface area contributed by atoms with E-state index in [2.05, 4.69) is 27.4 Å². The Balaban J connectivity index is 2.14. The summed E-state index contributed by atoms with van der Waals surface area (Å²) in [6, 6.07) is 7.88. The summed E-state index contributed by atoms with van der Waals surface area (Å²) in [7, 11) is 0. The highest BCUT2D eigenvalue weighted by atomic mass is 15.2. The first-order chi connectivity index (χ1) is 8.29. The van der Waals surface area contributed by atoms with Gasteiger partial charge in [0.2, 0.25) is 0 Å². The van der Waals surface area contributed by atoms with E-state index >= 15 is 0 Å². The molecule has 2 rings (SSSR count). The Labute approximate surface area is 101 Å². The molecule has 2 aromatic heterocycles. The molecule has 1 N–H and O–H groups in total. The Hall–Kier alpha value is -1.97. The lowest BCUT2D eigenvalue weighted by molar-refractivity contribution is 0.945. The van der Waals surface area contributed by atoms with Gasteiger partial charge >= 0.3 is 0 Å². The van der Waals surface area contributed by atoms with Crippen LogP contribution in [0.1, 0.15) is 19.0 Å². The largest absolute Gasteiger partial charge is 0.369 e. The molecule has 0 radical (unpaired) electrons. The van der Waals surface area contributed by atoms with Crippen LogP contribution >= 0.6 is 0 Å². The number of pyridine rings is 1. The highest BCUT2D eigenvalue weighted by Gasteiger charge is 2.00. The van der Waals surface area contributed by atoms with Crippen molar-refractivity contribution in [3.63, 3.8) is 0 Å². The van der Waals surface area contributed by atoms with Gasteiger partial charge in [-0.1, -0.05) is 6.92 Å². The van der Waals surface area contributed by atoms with E-state index in [4.69, 9.17) is 0 Å². The van der Waals surface area contributed by atoms with Crippen molar-refractivity contribution in [2.45, 2.75) is 20.3 Å². The van der Waals surface area contributed by atoms with Crippen molar-refractivity contribution >= 4 is 5.82 Å². The topological polar surface area (TPSA) is 50.7 Å². The minimum Gasteiger partial charge on any atom is -0.369 e. The van der Waals surface area contributed by atoms with Crippen LogP contribution in [0.15, 0.2) is 30.5 Å². The highest BCUT2D eigenvalue weighted by molar-refractivity contribution is 5.58. The average Bonchev–Trinajstić information content (AvgIpc) is 2.38. The predicted molar refractivity (Wildman–Crippen MR) is 68.8 cm³/mol. The van der Waals surface area contributed by atoms with E-state index in [0.717, 1.165) is 35.7 Å². The molecular weight excluding hydrogens is 212 g/mol. The second kappa shape index (κ2) is 5.39. The van der Waals surface area contributed by atoms with Gasteiger partial charge in [-0.25, -0.2) is 0 Å². The maximum absolute atomic E-state index is 4.24. The maximum Gasteiger partial charge on any atom is 0.148 e. The maximum atomic E-state index is 4.24. The van der Waals surface area contributed by atoms with Gasteiger partial charge in [0.15, 0.2) is 0 Å². The van der Waals surface area contributed by atoms with Crippen molar-refractivity contribution in [1.29, 1.82) is 0 Å². The van der Waals surface area contributed by atoms with Gasteiger partial charge in [0, 0.05) is 24.0 Å². The zero-order valence-electron chi connectivity index (χ0n) is 10.1. The third kappa shape index (κ3) is 3.00. The first-order valence-electron chi connectivity index (χ1n) is 5.80. The van der Waals surface area contributed by atoms with Crippen LogP contribution in [-0.4, -0.2) is 21.7 Å². The molecule has 0 aromatic carbocycles. The van der Waals surface area contributed by atoms with E-state index in [-0.39, 0.29) is 0 Å². The van der Waals surface area contributed by atoms with E-state index in [1.54, 1.807) is 0 Å². The van der Waals surface area contributed by atoms with Gasteiger partial charge in [0.1, 0.15) is 5.82 Å². The summed E-state index contributed by atoms with van der Waals surface area (Å²) < 4.78 is 0. The number of aromatic nitrogens is 3. The first kappa shape index (κ1) is 11.5. The van der Waals surface area contributed by atoms with E-state index in [0.29, 0.717) is 0 Å². The molecule has 0 aliphatic carbocycles. The van der Waals surface area contributed by atoms with Gasteiger partial charge < -0.3 is 5.32 Å². The number of rotatable bonds is 4. The van der Waals surface area contributed by atoms with Crippen LogP contribution in [0.25, 0.3) is 11.3 Å². The van der Waals surface area contributed by atoms with Crippen LogP contribution in [0.3, 0.4) is 0 Å². The molecule has 2 heterocycles. The number of hydrogen-bond donors (Lipinski definition) is 1. The molecule has 0 saturated heterocycles. The smallest absolute Gasteiger partial charge is 0.148 e. The molecule has 0 aliphatic rings. The van der Waals surface area contributed by atoms with Crippen molar-refractivity contribution in [2.75, 3.05) is 11.9 Å². The molecule has 4 heteroatoms. The highest BCUT2D eigenvalue weighted by Crippen LogP contribution is 2.15. The lowest BCUT2D eigenvalue weighted by Gasteiger charge is -2.04. The van der Waals surface area contributed by atoms with Gasteiger partial charge in [-0.3, -0.25) is 4.98 Å². The molecule has 0 atom stereocenters. The van der Waals surface area contributed by atoms with Crippen LogP contribution in [0.4, 0.5) is 5.82 Å². The molecule has 4 nitrogen and oxygen atoms in total. The summed E-state index contributed by atoms with van der Waals surface area (Å²) in [4.78, 5) is 4.24. The molecule has 2 aromatic rings. The van der Waals surface area contributed by atoms with Crippen LogP contribution in [-0.2, 0) is 0 Å². The first-order valence-corrected chi connectivity index (χ1v) is 5.80. The molecule has 0 amide bonds. The third-order valence-corrected chi connectivity index (χ3v) is 2.43. The molecular formula is C13H16N4. The molecule has 0 fully saturated rings. The zero-order valence-corrected chi connectivity index (χ0v) is 10.1. The zero-order chi connectivity index (χ0) is 12.1. The van der Waals surface area contributed by atoms with Gasteiger partial charge in [-0.15, -0.1) is 10.2 Å². The molecule has 17 heavy (non-hydrogen) atoms. The summed E-state index contributed by atoms with van der Waals surface area (Å²) in [6.45, 7) is 5.00. The summed E-state index contributed by atoms with van der Waals surface area (Å²) >= 11 is 0. The molecule has 0 spiro atoms. The van der Waals surface area contributed by atoms with E-state index in [9.17, 15) is 0 Å². The average molecular weight is 228 g/mol. The van der Waals surface area contributed by atoms with E-state index in [1.807, 2.05) is 37.4 Å². The van der Waals surface area contributed by atoms with Crippen molar-refractivity contribution in [1.82, 2.24) is 15.2 Å². The fourth-order valence-electron chi connectivity index (χ4n) is 1.45. The number of nitrogens with zero attached hydrogens (tertiary/aromatic N) is 3. The van der Waals surface area contributed by atoms with E-state index < -0.39 is 0 Å². The molecule has 0 unspecified atom stereocenters. The standard InChI is InChI=1S/C13H16N4/c1-3-8-14-13-7-6-12(16-17-13)11-5-4-10(2)15-9-11/h4-7,9H,3,8H2,1-2H3,(H,14,17). The number of hydrogen-bond acceptors (Lipinski definition) is 4. The van der Waals surface area contributed by atoms with Gasteiger partial charge in [0.05, 0.1) is 5.69 Å². The Morgan fingerprint density at radius 1 is 1.12 bits per heavy atom. The second-order valence-corrected chi connectivity index (χ2v) is 3.92. The summed E-state index contributed by atoms with van der Waals surface area (Å²) in [5.41, 5.74) is 2.84. The van der Waals surface area contributed by atoms with E-state index in [1.165, 1.54) is 0 Å². The fourth-order valence-corrected chi connectivity index (χ4v) is 1.45. The van der Waals surface area contributed by atoms with Crippen molar-refractivity contribution in [2.24, 2.45) is 0 Å². The van der Waals surface area contributed by atoms with Crippen LogP contribution in [0.5, 0.6) is 0 Å². The molecule has 0 saturated carbocycles. The summed E-state index contributed by atoms with van der Waals surface area (Å²) in [5.74, 6) is 0.815. The Morgan fingerprint density at radius 2 is 2.00 bits per heavy atom. The van der Waals surface area contributed by atoms with Crippen molar-refractivity contribution in [3.8, 4) is 11.3 Å². The predicted octanol–water partition coefficient (Wildman–Crippen LogP) is 2.67. The van der Waals surface area contributed by atoms with Crippen molar-refractivity contribution in [3.05, 3.63) is 36.2 Å². The Morgan fingerprint density at radius 3 is 2.59 bits per heavy atom. The minimum absolute atomic E-state index is 0.815. The fraction of sp³-hybridized carbons (Fsp3) is 0.308. The lowest BCUT2D eigenvalue weighted by atomic mass is 10.2.